The van der Waals surface area contributed by atoms with E-state index in [-0.39, 0.29) is 17.3 Å². The molecule has 0 spiro atoms. The highest BCUT2D eigenvalue weighted by Gasteiger charge is 2.30. The summed E-state index contributed by atoms with van der Waals surface area (Å²) in [5.41, 5.74) is 5.10. The molecule has 11 heteroatoms. The SMILES string of the molecule is O=C1NC(=O)/C(=C\c2ccc(N/C(=C3\C(=O)Nc4ccc([N+](=O)[O-])cc43)c3ccc(CCCN4CCCCC4)cc3)cc2)N1. The molecular formula is C33H32N6O5. The van der Waals surface area contributed by atoms with Gasteiger partial charge in [0.2, 0.25) is 0 Å². The number of non-ortho nitro benzene ring substituents is 1. The van der Waals surface area contributed by atoms with Crippen LogP contribution in [0.2, 0.25) is 0 Å². The lowest BCUT2D eigenvalue weighted by Crippen LogP contribution is -2.30. The number of imide groups is 1. The zero-order chi connectivity index (χ0) is 30.6. The average molecular weight is 593 g/mol. The fraction of sp³-hybridized carbons (Fsp3) is 0.242. The fourth-order valence-electron chi connectivity index (χ4n) is 5.78. The molecule has 44 heavy (non-hydrogen) atoms. The van der Waals surface area contributed by atoms with Crippen molar-refractivity contribution >= 4 is 52.3 Å². The number of urea groups is 1. The molecule has 0 bridgehead atoms. The van der Waals surface area contributed by atoms with Gasteiger partial charge in [-0.2, -0.15) is 0 Å². The van der Waals surface area contributed by atoms with Crippen molar-refractivity contribution in [2.75, 3.05) is 30.3 Å². The Morgan fingerprint density at radius 3 is 2.32 bits per heavy atom. The highest BCUT2D eigenvalue weighted by Crippen LogP contribution is 2.39. The van der Waals surface area contributed by atoms with Crippen LogP contribution < -0.4 is 21.3 Å². The van der Waals surface area contributed by atoms with Crippen LogP contribution in [0.3, 0.4) is 0 Å². The highest BCUT2D eigenvalue weighted by molar-refractivity contribution is 6.37. The van der Waals surface area contributed by atoms with Crippen molar-refractivity contribution in [3.05, 3.63) is 105 Å². The Morgan fingerprint density at radius 1 is 0.886 bits per heavy atom. The molecule has 3 heterocycles. The molecule has 2 saturated heterocycles. The Labute approximate surface area is 254 Å². The van der Waals surface area contributed by atoms with E-state index in [0.717, 1.165) is 24.9 Å². The van der Waals surface area contributed by atoms with Crippen LogP contribution >= 0.6 is 0 Å². The third-order valence-corrected chi connectivity index (χ3v) is 8.05. The van der Waals surface area contributed by atoms with E-state index in [4.69, 9.17) is 0 Å². The number of carbonyl (C=O) groups excluding carboxylic acids is 3. The standard InChI is InChI=1S/C33H32N6O5/c40-31-28(36-33(42)37-31)19-22-8-12-24(13-9-22)34-30(29-26-20-25(39(43)44)14-15-27(26)35-32(29)41)23-10-6-21(7-11-23)5-4-18-38-16-2-1-3-17-38/h6-15,19-20,34H,1-5,16-18H2,(H,35,41)(H2,36,37,40,42)/b28-19+,30-29-. The molecule has 3 aliphatic heterocycles. The van der Waals surface area contributed by atoms with E-state index in [1.807, 2.05) is 12.1 Å². The number of nitro benzene ring substituents is 1. The monoisotopic (exact) mass is 592 g/mol. The molecule has 3 aliphatic rings. The summed E-state index contributed by atoms with van der Waals surface area (Å²) in [5.74, 6) is -0.864. The zero-order valence-corrected chi connectivity index (χ0v) is 24.0. The molecule has 0 aliphatic carbocycles. The number of hydrogen-bond donors (Lipinski definition) is 4. The predicted octanol–water partition coefficient (Wildman–Crippen LogP) is 5.13. The molecule has 3 aromatic carbocycles. The quantitative estimate of drug-likeness (QED) is 0.117. The fourth-order valence-corrected chi connectivity index (χ4v) is 5.78. The molecule has 4 amide bonds. The van der Waals surface area contributed by atoms with Gasteiger partial charge in [-0.05, 0) is 86.3 Å². The maximum absolute atomic E-state index is 13.3. The molecule has 3 aromatic rings. The van der Waals surface area contributed by atoms with Crippen LogP contribution in [-0.2, 0) is 16.0 Å². The number of hydrogen-bond acceptors (Lipinski definition) is 7. The maximum atomic E-state index is 13.3. The van der Waals surface area contributed by atoms with E-state index < -0.39 is 16.9 Å². The Balaban J connectivity index is 1.29. The number of benzene rings is 3. The number of fused-ring (bicyclic) bond motifs is 1. The van der Waals surface area contributed by atoms with Crippen molar-refractivity contribution in [1.82, 2.24) is 15.5 Å². The summed E-state index contributed by atoms with van der Waals surface area (Å²) in [7, 11) is 0. The van der Waals surface area contributed by atoms with Crippen molar-refractivity contribution in [2.45, 2.75) is 32.1 Å². The Hall–Kier alpha value is -5.29. The molecule has 0 aromatic heterocycles. The van der Waals surface area contributed by atoms with Crippen LogP contribution in [0, 0.1) is 10.1 Å². The number of aryl methyl sites for hydroxylation is 1. The number of likely N-dealkylation sites (tertiary alicyclic amines) is 1. The van der Waals surface area contributed by atoms with E-state index in [0.29, 0.717) is 33.8 Å². The lowest BCUT2D eigenvalue weighted by Gasteiger charge is -2.26. The second-order valence-corrected chi connectivity index (χ2v) is 11.1. The van der Waals surface area contributed by atoms with Gasteiger partial charge in [0, 0.05) is 29.1 Å². The number of nitro groups is 1. The van der Waals surface area contributed by atoms with Crippen LogP contribution in [0.15, 0.2) is 72.4 Å². The van der Waals surface area contributed by atoms with E-state index >= 15 is 0 Å². The van der Waals surface area contributed by atoms with Crippen molar-refractivity contribution in [2.24, 2.45) is 0 Å². The van der Waals surface area contributed by atoms with Crippen LogP contribution in [0.25, 0.3) is 17.3 Å². The van der Waals surface area contributed by atoms with Gasteiger partial charge in [0.15, 0.2) is 0 Å². The first-order chi connectivity index (χ1) is 21.3. The van der Waals surface area contributed by atoms with Crippen molar-refractivity contribution in [1.29, 1.82) is 0 Å². The van der Waals surface area contributed by atoms with E-state index in [9.17, 15) is 24.5 Å². The molecular weight excluding hydrogens is 560 g/mol. The minimum Gasteiger partial charge on any atom is -0.354 e. The van der Waals surface area contributed by atoms with Gasteiger partial charge in [-0.3, -0.25) is 25.0 Å². The van der Waals surface area contributed by atoms with Gasteiger partial charge in [-0.15, -0.1) is 0 Å². The van der Waals surface area contributed by atoms with Crippen molar-refractivity contribution in [3.8, 4) is 0 Å². The summed E-state index contributed by atoms with van der Waals surface area (Å²) in [6.07, 6.45) is 7.44. The van der Waals surface area contributed by atoms with Gasteiger partial charge in [0.05, 0.1) is 16.2 Å². The molecule has 4 N–H and O–H groups in total. The normalized spacial score (nSPS) is 18.5. The maximum Gasteiger partial charge on any atom is 0.326 e. The summed E-state index contributed by atoms with van der Waals surface area (Å²) in [6, 6.07) is 18.9. The minimum absolute atomic E-state index is 0.110. The Morgan fingerprint density at radius 2 is 1.64 bits per heavy atom. The molecule has 0 radical (unpaired) electrons. The van der Waals surface area contributed by atoms with Crippen LogP contribution in [-0.4, -0.2) is 47.3 Å². The van der Waals surface area contributed by atoms with E-state index in [2.05, 4.69) is 38.3 Å². The first kappa shape index (κ1) is 28.8. The minimum atomic E-state index is -0.570. The molecule has 6 rings (SSSR count). The molecule has 0 saturated carbocycles. The summed E-state index contributed by atoms with van der Waals surface area (Å²) in [6.45, 7) is 3.43. The van der Waals surface area contributed by atoms with Gasteiger partial charge in [0.25, 0.3) is 17.5 Å². The molecule has 0 unspecified atom stereocenters. The predicted molar refractivity (Wildman–Crippen MR) is 168 cm³/mol. The molecule has 11 nitrogen and oxygen atoms in total. The summed E-state index contributed by atoms with van der Waals surface area (Å²) in [4.78, 5) is 50.2. The van der Waals surface area contributed by atoms with E-state index in [1.54, 1.807) is 36.4 Å². The van der Waals surface area contributed by atoms with Gasteiger partial charge in [-0.25, -0.2) is 4.79 Å². The number of nitrogens with one attached hydrogen (secondary N) is 4. The van der Waals surface area contributed by atoms with Crippen LogP contribution in [0.4, 0.5) is 21.9 Å². The first-order valence-corrected chi connectivity index (χ1v) is 14.7. The number of amides is 4. The van der Waals surface area contributed by atoms with E-state index in [1.165, 1.54) is 50.0 Å². The second kappa shape index (κ2) is 12.5. The summed E-state index contributed by atoms with van der Waals surface area (Å²) < 4.78 is 0. The van der Waals surface area contributed by atoms with Crippen molar-refractivity contribution in [3.63, 3.8) is 0 Å². The topological polar surface area (TPSA) is 146 Å². The number of carbonyl (C=O) groups is 3. The Kier molecular flexibility index (Phi) is 8.20. The lowest BCUT2D eigenvalue weighted by molar-refractivity contribution is -0.384. The Bertz CT molecular complexity index is 1690. The summed E-state index contributed by atoms with van der Waals surface area (Å²) >= 11 is 0. The number of anilines is 2. The first-order valence-electron chi connectivity index (χ1n) is 14.7. The summed E-state index contributed by atoms with van der Waals surface area (Å²) in [5, 5.41) is 22.4. The molecule has 224 valence electrons. The van der Waals surface area contributed by atoms with Gasteiger partial charge < -0.3 is 20.9 Å². The zero-order valence-electron chi connectivity index (χ0n) is 24.0. The van der Waals surface area contributed by atoms with Crippen LogP contribution in [0.5, 0.6) is 0 Å². The smallest absolute Gasteiger partial charge is 0.326 e. The number of nitrogens with zero attached hydrogens (tertiary/aromatic N) is 2. The lowest BCUT2D eigenvalue weighted by atomic mass is 9.98. The third kappa shape index (κ3) is 6.37. The number of rotatable bonds is 9. The largest absolute Gasteiger partial charge is 0.354 e. The average Bonchev–Trinajstić information content (AvgIpc) is 3.53. The van der Waals surface area contributed by atoms with Gasteiger partial charge >= 0.3 is 6.03 Å². The van der Waals surface area contributed by atoms with Gasteiger partial charge in [-0.1, -0.05) is 42.8 Å². The van der Waals surface area contributed by atoms with Gasteiger partial charge in [0.1, 0.15) is 5.70 Å². The highest BCUT2D eigenvalue weighted by atomic mass is 16.6. The molecule has 0 atom stereocenters. The van der Waals surface area contributed by atoms with Crippen molar-refractivity contribution < 1.29 is 19.3 Å². The third-order valence-electron chi connectivity index (χ3n) is 8.05. The number of piperidine rings is 1. The second-order valence-electron chi connectivity index (χ2n) is 11.1. The molecule has 2 fully saturated rings. The van der Waals surface area contributed by atoms with Crippen LogP contribution in [0.1, 0.15) is 47.9 Å².